The zero-order valence-corrected chi connectivity index (χ0v) is 16.3. The second-order valence-corrected chi connectivity index (χ2v) is 7.19. The molecule has 0 N–H and O–H groups in total. The fourth-order valence-corrected chi connectivity index (χ4v) is 3.33. The van der Waals surface area contributed by atoms with Gasteiger partial charge in [-0.15, -0.1) is 0 Å². The number of benzene rings is 3. The van der Waals surface area contributed by atoms with Crippen molar-refractivity contribution < 1.29 is 9.47 Å². The third-order valence-corrected chi connectivity index (χ3v) is 4.80. The number of hydrogen-bond donors (Lipinski definition) is 0. The average molecular weight is 368 g/mol. The van der Waals surface area contributed by atoms with E-state index >= 15 is 0 Å². The minimum atomic E-state index is 0.852. The van der Waals surface area contributed by atoms with Crippen molar-refractivity contribution in [3.63, 3.8) is 0 Å². The van der Waals surface area contributed by atoms with Gasteiger partial charge in [0.2, 0.25) is 0 Å². The Morgan fingerprint density at radius 1 is 0.607 bits per heavy atom. The molecule has 0 aromatic heterocycles. The largest absolute Gasteiger partial charge is 0.462 e. The first-order valence-electron chi connectivity index (χ1n) is 9.65. The van der Waals surface area contributed by atoms with Crippen molar-refractivity contribution in [2.24, 2.45) is 0 Å². The van der Waals surface area contributed by atoms with E-state index in [4.69, 9.17) is 9.47 Å². The van der Waals surface area contributed by atoms with Crippen LogP contribution in [0.1, 0.15) is 29.5 Å². The SMILES string of the molecule is Cc1cccc(OC2=CC=C(c3ccc(Oc4cccc(C)c4)cc3)CC2)c1. The molecular weight excluding hydrogens is 344 g/mol. The summed E-state index contributed by atoms with van der Waals surface area (Å²) in [5.41, 5.74) is 4.94. The van der Waals surface area contributed by atoms with Crippen LogP contribution in [0.25, 0.3) is 5.57 Å². The third kappa shape index (κ3) is 4.52. The monoisotopic (exact) mass is 368 g/mol. The topological polar surface area (TPSA) is 18.5 Å². The molecule has 0 bridgehead atoms. The first-order chi connectivity index (χ1) is 13.7. The third-order valence-electron chi connectivity index (χ3n) is 4.80. The van der Waals surface area contributed by atoms with Gasteiger partial charge in [0.25, 0.3) is 0 Å². The Labute approximate surface area is 166 Å². The molecule has 0 atom stereocenters. The summed E-state index contributed by atoms with van der Waals surface area (Å²) in [6.07, 6.45) is 6.11. The Hall–Kier alpha value is -3.26. The molecule has 3 aromatic rings. The van der Waals surface area contributed by atoms with E-state index in [2.05, 4.69) is 56.3 Å². The van der Waals surface area contributed by atoms with Crippen molar-refractivity contribution in [2.45, 2.75) is 26.7 Å². The Morgan fingerprint density at radius 3 is 1.82 bits per heavy atom. The van der Waals surface area contributed by atoms with Gasteiger partial charge in [0.05, 0.1) is 0 Å². The van der Waals surface area contributed by atoms with Crippen LogP contribution in [0.5, 0.6) is 17.2 Å². The van der Waals surface area contributed by atoms with Crippen molar-refractivity contribution in [3.05, 3.63) is 107 Å². The van der Waals surface area contributed by atoms with Crippen molar-refractivity contribution in [2.75, 3.05) is 0 Å². The maximum absolute atomic E-state index is 6.01. The molecule has 0 unspecified atom stereocenters. The molecule has 0 amide bonds. The summed E-state index contributed by atoms with van der Waals surface area (Å²) in [7, 11) is 0. The van der Waals surface area contributed by atoms with E-state index in [9.17, 15) is 0 Å². The normalized spacial score (nSPS) is 13.5. The molecule has 2 nitrogen and oxygen atoms in total. The number of hydrogen-bond acceptors (Lipinski definition) is 2. The summed E-state index contributed by atoms with van der Waals surface area (Å²) >= 11 is 0. The lowest BCUT2D eigenvalue weighted by Crippen LogP contribution is -2.00. The summed E-state index contributed by atoms with van der Waals surface area (Å²) < 4.78 is 12.0. The van der Waals surface area contributed by atoms with Gasteiger partial charge in [0.1, 0.15) is 23.0 Å². The van der Waals surface area contributed by atoms with Gasteiger partial charge in [-0.1, -0.05) is 42.5 Å². The Bertz CT molecular complexity index is 1030. The molecule has 0 saturated heterocycles. The van der Waals surface area contributed by atoms with E-state index < -0.39 is 0 Å². The van der Waals surface area contributed by atoms with E-state index in [-0.39, 0.29) is 0 Å². The Kier molecular flexibility index (Phi) is 5.29. The van der Waals surface area contributed by atoms with Gasteiger partial charge < -0.3 is 9.47 Å². The zero-order valence-electron chi connectivity index (χ0n) is 16.3. The van der Waals surface area contributed by atoms with Crippen molar-refractivity contribution in [3.8, 4) is 17.2 Å². The maximum atomic E-state index is 6.01. The second-order valence-electron chi connectivity index (χ2n) is 7.19. The van der Waals surface area contributed by atoms with Crippen molar-refractivity contribution in [1.82, 2.24) is 0 Å². The number of aryl methyl sites for hydroxylation is 2. The molecule has 0 heterocycles. The predicted molar refractivity (Wildman–Crippen MR) is 115 cm³/mol. The Morgan fingerprint density at radius 2 is 1.25 bits per heavy atom. The molecule has 0 radical (unpaired) electrons. The van der Waals surface area contributed by atoms with E-state index in [0.717, 1.165) is 35.8 Å². The van der Waals surface area contributed by atoms with Crippen LogP contribution in [-0.4, -0.2) is 0 Å². The molecule has 2 heteroatoms. The lowest BCUT2D eigenvalue weighted by atomic mass is 9.96. The quantitative estimate of drug-likeness (QED) is 0.473. The van der Waals surface area contributed by atoms with E-state index in [1.54, 1.807) is 0 Å². The maximum Gasteiger partial charge on any atom is 0.127 e. The van der Waals surface area contributed by atoms with Gasteiger partial charge >= 0.3 is 0 Å². The van der Waals surface area contributed by atoms with Crippen LogP contribution < -0.4 is 9.47 Å². The van der Waals surface area contributed by atoms with E-state index in [1.165, 1.54) is 22.3 Å². The highest BCUT2D eigenvalue weighted by molar-refractivity contribution is 5.69. The summed E-state index contributed by atoms with van der Waals surface area (Å²) in [4.78, 5) is 0. The van der Waals surface area contributed by atoms with Crippen LogP contribution in [0.4, 0.5) is 0 Å². The first-order valence-corrected chi connectivity index (χ1v) is 9.65. The van der Waals surface area contributed by atoms with Crippen LogP contribution in [0.15, 0.2) is 90.7 Å². The fourth-order valence-electron chi connectivity index (χ4n) is 3.33. The molecular formula is C26H24O2. The number of rotatable bonds is 5. The summed E-state index contributed by atoms with van der Waals surface area (Å²) in [6, 6.07) is 24.6. The number of ether oxygens (including phenoxy) is 2. The van der Waals surface area contributed by atoms with Crippen LogP contribution >= 0.6 is 0 Å². The molecule has 0 saturated carbocycles. The smallest absolute Gasteiger partial charge is 0.127 e. The lowest BCUT2D eigenvalue weighted by molar-refractivity contribution is 0.403. The summed E-state index contributed by atoms with van der Waals surface area (Å²) in [5.74, 6) is 3.63. The second kappa shape index (κ2) is 8.18. The molecule has 1 aliphatic rings. The first kappa shape index (κ1) is 18.1. The summed E-state index contributed by atoms with van der Waals surface area (Å²) in [6.45, 7) is 4.14. The fraction of sp³-hybridized carbons (Fsp3) is 0.154. The Balaban J connectivity index is 1.43. The molecule has 4 rings (SSSR count). The molecule has 0 fully saturated rings. The highest BCUT2D eigenvalue weighted by Gasteiger charge is 2.10. The van der Waals surface area contributed by atoms with Crippen LogP contribution in [0, 0.1) is 13.8 Å². The molecule has 140 valence electrons. The average Bonchev–Trinajstić information content (AvgIpc) is 2.69. The van der Waals surface area contributed by atoms with Crippen LogP contribution in [-0.2, 0) is 0 Å². The minimum Gasteiger partial charge on any atom is -0.462 e. The summed E-state index contributed by atoms with van der Waals surface area (Å²) in [5, 5.41) is 0. The molecule has 3 aromatic carbocycles. The minimum absolute atomic E-state index is 0.852. The highest BCUT2D eigenvalue weighted by atomic mass is 16.5. The molecule has 0 aliphatic heterocycles. The van der Waals surface area contributed by atoms with Gasteiger partial charge in [-0.25, -0.2) is 0 Å². The van der Waals surface area contributed by atoms with E-state index in [0.29, 0.717) is 0 Å². The standard InChI is InChI=1S/C26H24O2/c1-19-5-3-7-25(17-19)27-23-13-9-21(10-14-23)22-11-15-24(16-12-22)28-26-8-4-6-20(2)18-26/h3-11,13-15,17-18H,12,16H2,1-2H3. The lowest BCUT2D eigenvalue weighted by Gasteiger charge is -2.16. The van der Waals surface area contributed by atoms with Crippen molar-refractivity contribution >= 4 is 5.57 Å². The molecule has 1 aliphatic carbocycles. The van der Waals surface area contributed by atoms with Gasteiger partial charge in [0, 0.05) is 6.42 Å². The number of allylic oxidation sites excluding steroid dienone is 4. The van der Waals surface area contributed by atoms with E-state index in [1.807, 2.05) is 42.5 Å². The van der Waals surface area contributed by atoms with Gasteiger partial charge in [-0.3, -0.25) is 0 Å². The van der Waals surface area contributed by atoms with Crippen molar-refractivity contribution in [1.29, 1.82) is 0 Å². The zero-order chi connectivity index (χ0) is 19.3. The highest BCUT2D eigenvalue weighted by Crippen LogP contribution is 2.30. The molecule has 0 spiro atoms. The van der Waals surface area contributed by atoms with Gasteiger partial charge in [-0.2, -0.15) is 0 Å². The van der Waals surface area contributed by atoms with Gasteiger partial charge in [0.15, 0.2) is 0 Å². The van der Waals surface area contributed by atoms with Crippen LogP contribution in [0.2, 0.25) is 0 Å². The molecule has 28 heavy (non-hydrogen) atoms. The predicted octanol–water partition coefficient (Wildman–Crippen LogP) is 7.24. The van der Waals surface area contributed by atoms with Crippen LogP contribution in [0.3, 0.4) is 0 Å². The van der Waals surface area contributed by atoms with Gasteiger partial charge in [-0.05, 0) is 85.0 Å².